The van der Waals surface area contributed by atoms with Gasteiger partial charge in [0.05, 0.1) is 0 Å². The number of hydrogen-bond acceptors (Lipinski definition) is 2. The van der Waals surface area contributed by atoms with Crippen LogP contribution in [-0.2, 0) is 10.4 Å². The molecule has 5 nitrogen and oxygen atoms in total. The van der Waals surface area contributed by atoms with Crippen molar-refractivity contribution in [1.82, 2.24) is 0 Å². The molecule has 0 aliphatic rings. The lowest BCUT2D eigenvalue weighted by Gasteiger charge is -2.01. The summed E-state index contributed by atoms with van der Waals surface area (Å²) in [6, 6.07) is 0. The van der Waals surface area contributed by atoms with Crippen LogP contribution < -0.4 is 0 Å². The highest BCUT2D eigenvalue weighted by atomic mass is 32.3. The van der Waals surface area contributed by atoms with Crippen molar-refractivity contribution in [3.8, 4) is 0 Å². The third kappa shape index (κ3) is 43.1. The minimum Gasteiger partial charge on any atom is -0.412 e. The number of rotatable bonds is 11. The zero-order valence-corrected chi connectivity index (χ0v) is 13.9. The summed E-state index contributed by atoms with van der Waals surface area (Å²) in [5.74, 6) is 0. The Labute approximate surface area is 125 Å². The molecule has 0 saturated heterocycles. The lowest BCUT2D eigenvalue weighted by Crippen LogP contribution is -1.89. The molecular formula is C14H34O5S. The molecule has 0 radical (unpaired) electrons. The summed E-state index contributed by atoms with van der Waals surface area (Å²) in [7, 11) is -4.67. The monoisotopic (exact) mass is 314 g/mol. The van der Waals surface area contributed by atoms with Crippen molar-refractivity contribution in [2.24, 2.45) is 0 Å². The highest BCUT2D eigenvalue weighted by Crippen LogP contribution is 2.11. The molecule has 0 aromatic carbocycles. The summed E-state index contributed by atoms with van der Waals surface area (Å²) in [6.45, 7) is 4.57. The Hall–Kier alpha value is -0.170. The van der Waals surface area contributed by atoms with Gasteiger partial charge in [-0.15, -0.1) is 0 Å². The van der Waals surface area contributed by atoms with Gasteiger partial charge in [0.25, 0.3) is 0 Å². The van der Waals surface area contributed by atoms with Crippen molar-refractivity contribution in [2.45, 2.75) is 90.9 Å². The van der Waals surface area contributed by atoms with Gasteiger partial charge in [0.15, 0.2) is 0 Å². The quantitative estimate of drug-likeness (QED) is 0.439. The molecule has 20 heavy (non-hydrogen) atoms. The van der Waals surface area contributed by atoms with E-state index in [9.17, 15) is 0 Å². The first-order valence-corrected chi connectivity index (χ1v) is 9.01. The average Bonchev–Trinajstić information content (AvgIpc) is 2.29. The molecule has 0 aromatic heterocycles. The highest BCUT2D eigenvalue weighted by molar-refractivity contribution is 7.79. The van der Waals surface area contributed by atoms with Crippen molar-refractivity contribution in [3.05, 3.63) is 0 Å². The Balaban J connectivity index is -0.000000414. The van der Waals surface area contributed by atoms with Crippen LogP contribution in [0, 0.1) is 0 Å². The van der Waals surface area contributed by atoms with Gasteiger partial charge in [-0.3, -0.25) is 9.11 Å². The van der Waals surface area contributed by atoms with Crippen molar-refractivity contribution < 1.29 is 23.0 Å². The number of unbranched alkanes of at least 4 members (excludes halogenated alkanes) is 11. The highest BCUT2D eigenvalue weighted by Gasteiger charge is 1.91. The predicted octanol–water partition coefficient (Wildman–Crippen LogP) is 4.23. The van der Waals surface area contributed by atoms with Crippen LogP contribution in [0.15, 0.2) is 0 Å². The molecule has 0 saturated carbocycles. The van der Waals surface area contributed by atoms with Gasteiger partial charge in [0, 0.05) is 0 Å². The maximum atomic E-state index is 8.74. The minimum absolute atomic E-state index is 0. The van der Waals surface area contributed by atoms with Gasteiger partial charge in [0.1, 0.15) is 0 Å². The van der Waals surface area contributed by atoms with Gasteiger partial charge in [-0.25, -0.2) is 0 Å². The molecule has 126 valence electrons. The predicted molar refractivity (Wildman–Crippen MR) is 84.5 cm³/mol. The zero-order chi connectivity index (χ0) is 15.0. The molecule has 0 aliphatic carbocycles. The van der Waals surface area contributed by atoms with Crippen molar-refractivity contribution in [3.63, 3.8) is 0 Å². The van der Waals surface area contributed by atoms with Gasteiger partial charge in [0.2, 0.25) is 0 Å². The molecular weight excluding hydrogens is 280 g/mol. The smallest absolute Gasteiger partial charge is 0.394 e. The summed E-state index contributed by atoms with van der Waals surface area (Å²) in [5, 5.41) is 0. The molecule has 0 atom stereocenters. The Bertz CT molecular complexity index is 232. The van der Waals surface area contributed by atoms with Gasteiger partial charge in [-0.1, -0.05) is 90.9 Å². The van der Waals surface area contributed by atoms with E-state index in [4.69, 9.17) is 17.5 Å². The molecule has 0 fully saturated rings. The van der Waals surface area contributed by atoms with Crippen LogP contribution in [-0.4, -0.2) is 23.0 Å². The van der Waals surface area contributed by atoms with Gasteiger partial charge in [-0.2, -0.15) is 8.42 Å². The van der Waals surface area contributed by atoms with Crippen LogP contribution in [0.4, 0.5) is 0 Å². The second kappa shape index (κ2) is 18.8. The molecule has 6 heteroatoms. The summed E-state index contributed by atoms with van der Waals surface area (Å²) >= 11 is 0. The van der Waals surface area contributed by atoms with E-state index < -0.39 is 10.4 Å². The average molecular weight is 314 g/mol. The van der Waals surface area contributed by atoms with Crippen LogP contribution in [0.25, 0.3) is 0 Å². The van der Waals surface area contributed by atoms with Crippen LogP contribution >= 0.6 is 0 Å². The van der Waals surface area contributed by atoms with Crippen LogP contribution in [0.1, 0.15) is 90.9 Å². The minimum atomic E-state index is -4.67. The second-order valence-electron chi connectivity index (χ2n) is 4.98. The molecule has 0 aromatic rings. The standard InChI is InChI=1S/C14H30.H2O4S.H2O/c1-3-5-7-9-11-13-14-12-10-8-6-4-2;1-5(2,3)4;/h3-14H2,1-2H3;(H2,1,2,3,4);1H2. The Kier molecular flexibility index (Phi) is 23.4. The summed E-state index contributed by atoms with van der Waals surface area (Å²) < 4.78 is 31.6. The summed E-state index contributed by atoms with van der Waals surface area (Å²) in [5.41, 5.74) is 0. The molecule has 0 aliphatic heterocycles. The van der Waals surface area contributed by atoms with Crippen LogP contribution in [0.2, 0.25) is 0 Å². The van der Waals surface area contributed by atoms with E-state index in [2.05, 4.69) is 13.8 Å². The Morgan fingerprint density at radius 1 is 0.600 bits per heavy atom. The SMILES string of the molecule is CCCCCCCCCCCCCC.O.O=S(=O)(O)O. The van der Waals surface area contributed by atoms with E-state index in [1.165, 1.54) is 77.0 Å². The van der Waals surface area contributed by atoms with E-state index in [1.54, 1.807) is 0 Å². The maximum Gasteiger partial charge on any atom is 0.394 e. The van der Waals surface area contributed by atoms with Crippen LogP contribution in [0.3, 0.4) is 0 Å². The molecule has 4 N–H and O–H groups in total. The van der Waals surface area contributed by atoms with Crippen LogP contribution in [0.5, 0.6) is 0 Å². The van der Waals surface area contributed by atoms with E-state index in [0.29, 0.717) is 0 Å². The topological polar surface area (TPSA) is 106 Å². The van der Waals surface area contributed by atoms with E-state index in [0.717, 1.165) is 0 Å². The van der Waals surface area contributed by atoms with Gasteiger partial charge in [-0.05, 0) is 0 Å². The van der Waals surface area contributed by atoms with E-state index >= 15 is 0 Å². The molecule has 0 bridgehead atoms. The van der Waals surface area contributed by atoms with E-state index in [-0.39, 0.29) is 5.48 Å². The van der Waals surface area contributed by atoms with E-state index in [1.807, 2.05) is 0 Å². The van der Waals surface area contributed by atoms with Crippen molar-refractivity contribution in [1.29, 1.82) is 0 Å². The fraction of sp³-hybridized carbons (Fsp3) is 1.00. The molecule has 0 amide bonds. The van der Waals surface area contributed by atoms with Crippen molar-refractivity contribution in [2.75, 3.05) is 0 Å². The third-order valence-corrected chi connectivity index (χ3v) is 2.96. The third-order valence-electron chi connectivity index (χ3n) is 2.96. The zero-order valence-electron chi connectivity index (χ0n) is 13.1. The number of hydrogen-bond donors (Lipinski definition) is 2. The molecule has 0 spiro atoms. The molecule has 0 heterocycles. The maximum absolute atomic E-state index is 8.74. The van der Waals surface area contributed by atoms with Crippen molar-refractivity contribution >= 4 is 10.4 Å². The van der Waals surface area contributed by atoms with Gasteiger partial charge >= 0.3 is 10.4 Å². The molecule has 0 unspecified atom stereocenters. The lowest BCUT2D eigenvalue weighted by molar-refractivity contribution is 0.381. The Morgan fingerprint density at radius 2 is 0.750 bits per heavy atom. The summed E-state index contributed by atoms with van der Waals surface area (Å²) in [4.78, 5) is 0. The lowest BCUT2D eigenvalue weighted by atomic mass is 10.1. The largest absolute Gasteiger partial charge is 0.412 e. The first kappa shape index (κ1) is 24.8. The summed E-state index contributed by atoms with van der Waals surface area (Å²) in [6.07, 6.45) is 17.4. The fourth-order valence-electron chi connectivity index (χ4n) is 1.91. The Morgan fingerprint density at radius 3 is 0.900 bits per heavy atom. The van der Waals surface area contributed by atoms with Gasteiger partial charge < -0.3 is 5.48 Å². The second-order valence-corrected chi connectivity index (χ2v) is 5.88. The fourth-order valence-corrected chi connectivity index (χ4v) is 1.91. The molecule has 0 rings (SSSR count). The first-order chi connectivity index (χ1) is 8.91. The first-order valence-electron chi connectivity index (χ1n) is 7.61. The normalized spacial score (nSPS) is 10.4.